The van der Waals surface area contributed by atoms with Gasteiger partial charge in [0.15, 0.2) is 5.82 Å². The Labute approximate surface area is 189 Å². The van der Waals surface area contributed by atoms with E-state index in [1.54, 1.807) is 12.4 Å². The molecule has 0 spiro atoms. The summed E-state index contributed by atoms with van der Waals surface area (Å²) in [4.78, 5) is 20.8. The van der Waals surface area contributed by atoms with Crippen LogP contribution in [0.2, 0.25) is 5.02 Å². The van der Waals surface area contributed by atoms with Gasteiger partial charge in [0.05, 0.1) is 35.6 Å². The number of aromatic nitrogens is 3. The zero-order valence-electron chi connectivity index (χ0n) is 18.0. The molecule has 1 fully saturated rings. The highest BCUT2D eigenvalue weighted by atomic mass is 35.5. The summed E-state index contributed by atoms with van der Waals surface area (Å²) < 4.78 is 16.8. The van der Waals surface area contributed by atoms with Gasteiger partial charge >= 0.3 is 6.09 Å². The summed E-state index contributed by atoms with van der Waals surface area (Å²) >= 11 is 6.41. The van der Waals surface area contributed by atoms with E-state index in [1.807, 2.05) is 31.4 Å². The molecule has 1 saturated heterocycles. The summed E-state index contributed by atoms with van der Waals surface area (Å²) in [5.74, 6) is 0.0152. The van der Waals surface area contributed by atoms with Crippen LogP contribution in [0.25, 0.3) is 22.2 Å². The van der Waals surface area contributed by atoms with Gasteiger partial charge in [0.2, 0.25) is 0 Å². The van der Waals surface area contributed by atoms with Crippen LogP contribution < -0.4 is 5.32 Å². The number of benzene rings is 1. The third-order valence-electron chi connectivity index (χ3n) is 5.68. The van der Waals surface area contributed by atoms with Crippen molar-refractivity contribution in [3.05, 3.63) is 41.6 Å². The van der Waals surface area contributed by atoms with Crippen LogP contribution in [0.1, 0.15) is 27.2 Å². The molecule has 0 radical (unpaired) electrons. The van der Waals surface area contributed by atoms with Crippen LogP contribution >= 0.6 is 11.6 Å². The highest BCUT2D eigenvalue weighted by molar-refractivity contribution is 6.33. The molecule has 0 bridgehead atoms. The summed E-state index contributed by atoms with van der Waals surface area (Å²) in [5, 5.41) is 23.0. The molecule has 170 valence electrons. The minimum Gasteiger partial charge on any atom is -0.465 e. The zero-order valence-corrected chi connectivity index (χ0v) is 18.8. The number of carbonyl (C=O) groups is 1. The molecule has 32 heavy (non-hydrogen) atoms. The van der Waals surface area contributed by atoms with Crippen LogP contribution in [-0.2, 0) is 5.54 Å². The predicted molar refractivity (Wildman–Crippen MR) is 121 cm³/mol. The Morgan fingerprint density at radius 3 is 2.69 bits per heavy atom. The Hall–Kier alpha value is -2.91. The monoisotopic (exact) mass is 461 g/mol. The SMILES string of the molecule is CC(C)(C)n1cnc2c(F)cc(-c3cc(N[C@@H]4CCN(C(=O)O)C[C@H]4O)ncc3Cl)cc21. The summed E-state index contributed by atoms with van der Waals surface area (Å²) in [6, 6.07) is 4.58. The molecule has 0 unspecified atom stereocenters. The predicted octanol–water partition coefficient (Wildman–Crippen LogP) is 4.17. The lowest BCUT2D eigenvalue weighted by atomic mass is 10.0. The number of likely N-dealkylation sites (tertiary alicyclic amines) is 1. The number of aliphatic hydroxyl groups is 1. The number of rotatable bonds is 3. The number of pyridine rings is 1. The van der Waals surface area contributed by atoms with Gasteiger partial charge < -0.3 is 25.0 Å². The third kappa shape index (κ3) is 4.22. The van der Waals surface area contributed by atoms with Crippen molar-refractivity contribution in [3.8, 4) is 11.1 Å². The van der Waals surface area contributed by atoms with Gasteiger partial charge in [0.1, 0.15) is 11.3 Å². The molecule has 10 heteroatoms. The van der Waals surface area contributed by atoms with E-state index in [-0.39, 0.29) is 18.1 Å². The fraction of sp³-hybridized carbons (Fsp3) is 0.409. The van der Waals surface area contributed by atoms with E-state index < -0.39 is 18.0 Å². The molecule has 1 aliphatic rings. The van der Waals surface area contributed by atoms with E-state index in [0.29, 0.717) is 46.0 Å². The molecular formula is C22H25ClFN5O3. The van der Waals surface area contributed by atoms with Crippen molar-refractivity contribution in [3.63, 3.8) is 0 Å². The molecule has 0 aliphatic carbocycles. The first-order valence-corrected chi connectivity index (χ1v) is 10.7. The van der Waals surface area contributed by atoms with Crippen LogP contribution in [0.4, 0.5) is 15.0 Å². The number of carboxylic acid groups (broad SMARTS) is 1. The van der Waals surface area contributed by atoms with Crippen LogP contribution in [0.15, 0.2) is 30.7 Å². The van der Waals surface area contributed by atoms with Crippen molar-refractivity contribution in [2.45, 2.75) is 44.9 Å². The van der Waals surface area contributed by atoms with Crippen molar-refractivity contribution in [1.29, 1.82) is 0 Å². The number of hydrogen-bond acceptors (Lipinski definition) is 5. The van der Waals surface area contributed by atoms with Gasteiger partial charge in [0, 0.05) is 23.8 Å². The first kappa shape index (κ1) is 22.3. The van der Waals surface area contributed by atoms with Crippen molar-refractivity contribution >= 4 is 34.5 Å². The number of piperidine rings is 1. The highest BCUT2D eigenvalue weighted by Crippen LogP contribution is 2.34. The van der Waals surface area contributed by atoms with Crippen LogP contribution in [0.3, 0.4) is 0 Å². The van der Waals surface area contributed by atoms with Gasteiger partial charge in [-0.3, -0.25) is 0 Å². The van der Waals surface area contributed by atoms with Crippen molar-refractivity contribution in [1.82, 2.24) is 19.4 Å². The Balaban J connectivity index is 1.66. The van der Waals surface area contributed by atoms with E-state index >= 15 is 0 Å². The van der Waals surface area contributed by atoms with E-state index in [4.69, 9.17) is 16.7 Å². The average Bonchev–Trinajstić information content (AvgIpc) is 3.16. The topological polar surface area (TPSA) is 104 Å². The fourth-order valence-corrected chi connectivity index (χ4v) is 4.18. The maximum Gasteiger partial charge on any atom is 0.407 e. The zero-order chi connectivity index (χ0) is 23.2. The second kappa shape index (κ2) is 8.22. The first-order chi connectivity index (χ1) is 15.0. The lowest BCUT2D eigenvalue weighted by Gasteiger charge is -2.35. The number of amides is 1. The number of nitrogens with one attached hydrogen (secondary N) is 1. The molecule has 1 aliphatic heterocycles. The quantitative estimate of drug-likeness (QED) is 0.541. The largest absolute Gasteiger partial charge is 0.465 e. The van der Waals surface area contributed by atoms with Gasteiger partial charge in [-0.1, -0.05) is 11.6 Å². The van der Waals surface area contributed by atoms with Gasteiger partial charge in [-0.25, -0.2) is 19.2 Å². The summed E-state index contributed by atoms with van der Waals surface area (Å²) in [7, 11) is 0. The molecule has 8 nitrogen and oxygen atoms in total. The van der Waals surface area contributed by atoms with Gasteiger partial charge in [-0.05, 0) is 51.0 Å². The summed E-state index contributed by atoms with van der Waals surface area (Å²) in [6.45, 7) is 6.37. The number of fused-ring (bicyclic) bond motifs is 1. The average molecular weight is 462 g/mol. The van der Waals surface area contributed by atoms with E-state index in [1.165, 1.54) is 17.2 Å². The van der Waals surface area contributed by atoms with Crippen molar-refractivity contribution < 1.29 is 19.4 Å². The lowest BCUT2D eigenvalue weighted by molar-refractivity contribution is 0.0574. The van der Waals surface area contributed by atoms with E-state index in [2.05, 4.69) is 15.3 Å². The number of aliphatic hydroxyl groups excluding tert-OH is 1. The highest BCUT2D eigenvalue weighted by Gasteiger charge is 2.30. The molecule has 1 amide bonds. The van der Waals surface area contributed by atoms with Crippen molar-refractivity contribution in [2.24, 2.45) is 0 Å². The molecule has 1 aromatic carbocycles. The maximum absolute atomic E-state index is 14.9. The van der Waals surface area contributed by atoms with E-state index in [9.17, 15) is 14.3 Å². The number of β-amino-alcohol motifs (C(OH)–C–C–N with tert-alkyl or cyclic N) is 1. The molecular weight excluding hydrogens is 437 g/mol. The number of anilines is 1. The van der Waals surface area contributed by atoms with E-state index in [0.717, 1.165) is 0 Å². The minimum absolute atomic E-state index is 0.0200. The molecule has 3 heterocycles. The van der Waals surface area contributed by atoms with Crippen LogP contribution in [0.5, 0.6) is 0 Å². The Kier molecular flexibility index (Phi) is 5.72. The number of imidazole rings is 1. The molecule has 2 atom stereocenters. The van der Waals surface area contributed by atoms with Gasteiger partial charge in [0.25, 0.3) is 0 Å². The van der Waals surface area contributed by atoms with Crippen molar-refractivity contribution in [2.75, 3.05) is 18.4 Å². The maximum atomic E-state index is 14.9. The fourth-order valence-electron chi connectivity index (χ4n) is 3.97. The van der Waals surface area contributed by atoms with Crippen LogP contribution in [-0.4, -0.2) is 61.0 Å². The second-order valence-corrected chi connectivity index (χ2v) is 9.40. The second-order valence-electron chi connectivity index (χ2n) is 9.00. The normalized spacial score (nSPS) is 19.4. The summed E-state index contributed by atoms with van der Waals surface area (Å²) in [5.41, 5.74) is 1.84. The van der Waals surface area contributed by atoms with Gasteiger partial charge in [-0.2, -0.15) is 0 Å². The Morgan fingerprint density at radius 1 is 1.28 bits per heavy atom. The van der Waals surface area contributed by atoms with Crippen LogP contribution in [0, 0.1) is 5.82 Å². The molecule has 2 aromatic heterocycles. The van der Waals surface area contributed by atoms with Gasteiger partial charge in [-0.15, -0.1) is 0 Å². The molecule has 3 N–H and O–H groups in total. The minimum atomic E-state index is -1.05. The Bertz CT molecular complexity index is 1180. The standard InChI is InChI=1S/C22H25ClFN5O3/c1-22(2,3)29-11-26-20-15(24)6-12(7-17(20)29)13-8-19(25-9-14(13)23)27-16-4-5-28(21(31)32)10-18(16)30/h6-9,11,16,18,30H,4-5,10H2,1-3H3,(H,25,27)(H,31,32)/t16-,18-/m1/s1. The number of hydrogen-bond donors (Lipinski definition) is 3. The molecule has 0 saturated carbocycles. The Morgan fingerprint density at radius 2 is 2.03 bits per heavy atom. The number of halogens is 2. The first-order valence-electron chi connectivity index (χ1n) is 10.3. The molecule has 3 aromatic rings. The third-order valence-corrected chi connectivity index (χ3v) is 5.98. The summed E-state index contributed by atoms with van der Waals surface area (Å²) in [6.07, 6.45) is 1.60. The smallest absolute Gasteiger partial charge is 0.407 e. The molecule has 4 rings (SSSR count). The lowest BCUT2D eigenvalue weighted by Crippen LogP contribution is -2.51. The number of nitrogens with zero attached hydrogens (tertiary/aromatic N) is 4.